The minimum Gasteiger partial charge on any atom is -1.00 e. The van der Waals surface area contributed by atoms with Gasteiger partial charge in [0.2, 0.25) is 5.91 Å². The summed E-state index contributed by atoms with van der Waals surface area (Å²) in [6, 6.07) is 9.29. The summed E-state index contributed by atoms with van der Waals surface area (Å²) in [5.74, 6) is -0.791. The third kappa shape index (κ3) is 9.50. The van der Waals surface area contributed by atoms with E-state index in [1.165, 1.54) is 0 Å². The van der Waals surface area contributed by atoms with E-state index in [4.69, 9.17) is 0 Å². The molecule has 2 N–H and O–H groups in total. The lowest BCUT2D eigenvalue weighted by Crippen LogP contribution is -3.00. The Balaban J connectivity index is 0.00000625. The van der Waals surface area contributed by atoms with Gasteiger partial charge in [0.25, 0.3) is 5.91 Å². The number of rotatable bonds is 8. The molecule has 1 unspecified atom stereocenters. The number of nitrogens with one attached hydrogen (secondary N) is 2. The molecule has 1 aromatic carbocycles. The summed E-state index contributed by atoms with van der Waals surface area (Å²) in [6.45, 7) is 2.56. The van der Waals surface area contributed by atoms with Crippen LogP contribution in [-0.4, -0.2) is 75.2 Å². The second kappa shape index (κ2) is 10.9. The maximum absolute atomic E-state index is 12.6. The summed E-state index contributed by atoms with van der Waals surface area (Å²) in [7, 11) is 9.58. The molecule has 0 aliphatic carbocycles. The summed E-state index contributed by atoms with van der Waals surface area (Å²) in [6.07, 6.45) is 0. The molecule has 0 aromatic heterocycles. The lowest BCUT2D eigenvalue weighted by molar-refractivity contribution is -0.862. The maximum Gasteiger partial charge on any atom is 0.295 e. The summed E-state index contributed by atoms with van der Waals surface area (Å²) in [4.78, 5) is 26.5. The molecule has 0 saturated carbocycles. The Hall–Kier alpha value is -1.96. The van der Waals surface area contributed by atoms with Gasteiger partial charge in [-0.2, -0.15) is 5.10 Å². The van der Waals surface area contributed by atoms with Gasteiger partial charge in [-0.25, -0.2) is 5.43 Å². The molecule has 0 saturated heterocycles. The predicted octanol–water partition coefficient (Wildman–Crippen LogP) is -1.99. The molecule has 1 rings (SSSR count). The first-order valence-corrected chi connectivity index (χ1v) is 8.22. The van der Waals surface area contributed by atoms with Gasteiger partial charge in [-0.1, -0.05) is 18.2 Å². The number of hydrogen-bond acceptors (Lipinski definition) is 4. The van der Waals surface area contributed by atoms with Crippen LogP contribution in [0.5, 0.6) is 0 Å². The number of halogens is 1. The Morgan fingerprint density at radius 2 is 1.73 bits per heavy atom. The van der Waals surface area contributed by atoms with E-state index in [1.54, 1.807) is 6.92 Å². The van der Waals surface area contributed by atoms with Crippen LogP contribution in [0.2, 0.25) is 0 Å². The lowest BCUT2D eigenvalue weighted by Gasteiger charge is -2.23. The summed E-state index contributed by atoms with van der Waals surface area (Å²) in [5, 5.41) is 7.04. The van der Waals surface area contributed by atoms with Crippen molar-refractivity contribution in [3.8, 4) is 0 Å². The SMILES string of the molecule is CC(=NNC(=O)C[N+](C)(C)C)C(CN(C)C)C(=O)Nc1ccccc1.[Cl-]. The average molecular weight is 384 g/mol. The minimum absolute atomic E-state index is 0. The van der Waals surface area contributed by atoms with Crippen LogP contribution in [0.4, 0.5) is 5.69 Å². The third-order valence-corrected chi connectivity index (χ3v) is 3.38. The number of hydrazone groups is 1. The molecule has 7 nitrogen and oxygen atoms in total. The quantitative estimate of drug-likeness (QED) is 0.310. The molecule has 1 aromatic rings. The van der Waals surface area contributed by atoms with E-state index in [2.05, 4.69) is 15.8 Å². The molecular formula is C18H30ClN5O2. The zero-order valence-electron chi connectivity index (χ0n) is 16.4. The zero-order valence-corrected chi connectivity index (χ0v) is 17.2. The molecule has 0 radical (unpaired) electrons. The Morgan fingerprint density at radius 3 is 2.23 bits per heavy atom. The summed E-state index contributed by atoms with van der Waals surface area (Å²) < 4.78 is 0.510. The molecule has 2 amide bonds. The zero-order chi connectivity index (χ0) is 19.0. The van der Waals surface area contributed by atoms with Gasteiger partial charge >= 0.3 is 0 Å². The van der Waals surface area contributed by atoms with Crippen LogP contribution in [0.25, 0.3) is 0 Å². The number of nitrogens with zero attached hydrogens (tertiary/aromatic N) is 3. The second-order valence-electron chi connectivity index (χ2n) is 7.41. The van der Waals surface area contributed by atoms with Gasteiger partial charge in [-0.05, 0) is 33.2 Å². The van der Waals surface area contributed by atoms with Crippen molar-refractivity contribution >= 4 is 23.2 Å². The van der Waals surface area contributed by atoms with Gasteiger partial charge in [0.1, 0.15) is 0 Å². The molecular weight excluding hydrogens is 354 g/mol. The van der Waals surface area contributed by atoms with Gasteiger partial charge < -0.3 is 27.1 Å². The number of quaternary nitrogens is 1. The van der Waals surface area contributed by atoms with Gasteiger partial charge in [-0.3, -0.25) is 9.59 Å². The summed E-state index contributed by atoms with van der Waals surface area (Å²) >= 11 is 0. The average Bonchev–Trinajstić information content (AvgIpc) is 2.49. The van der Waals surface area contributed by atoms with Crippen molar-refractivity contribution < 1.29 is 26.5 Å². The number of para-hydroxylation sites is 1. The lowest BCUT2D eigenvalue weighted by atomic mass is 10.0. The molecule has 0 spiro atoms. The Morgan fingerprint density at radius 1 is 1.15 bits per heavy atom. The highest BCUT2D eigenvalue weighted by molar-refractivity contribution is 6.08. The standard InChI is InChI=1S/C18H29N5O2.ClH/c1-14(20-21-17(24)13-23(4,5)6)16(12-22(2)3)18(25)19-15-10-8-7-9-11-15;/h7-11,16H,12-13H2,1-6H3,(H-,19,21,24,25);1H. The highest BCUT2D eigenvalue weighted by Gasteiger charge is 2.23. The molecule has 0 fully saturated rings. The molecule has 0 aliphatic rings. The van der Waals surface area contributed by atoms with Crippen LogP contribution in [0, 0.1) is 5.92 Å². The van der Waals surface area contributed by atoms with Crippen molar-refractivity contribution in [1.29, 1.82) is 0 Å². The van der Waals surface area contributed by atoms with Crippen molar-refractivity contribution in [2.24, 2.45) is 11.0 Å². The van der Waals surface area contributed by atoms with Crippen molar-refractivity contribution in [3.05, 3.63) is 30.3 Å². The molecule has 146 valence electrons. The topological polar surface area (TPSA) is 73.8 Å². The first-order chi connectivity index (χ1) is 11.6. The Kier molecular flexibility index (Phi) is 10.1. The largest absolute Gasteiger partial charge is 1.00 e. The molecule has 8 heteroatoms. The highest BCUT2D eigenvalue weighted by Crippen LogP contribution is 2.10. The van der Waals surface area contributed by atoms with E-state index >= 15 is 0 Å². The van der Waals surface area contributed by atoms with E-state index < -0.39 is 5.92 Å². The Bertz CT molecular complexity index is 612. The summed E-state index contributed by atoms with van der Waals surface area (Å²) in [5.41, 5.74) is 3.85. The highest BCUT2D eigenvalue weighted by atomic mass is 35.5. The van der Waals surface area contributed by atoms with E-state index in [0.717, 1.165) is 5.69 Å². The predicted molar refractivity (Wildman–Crippen MR) is 101 cm³/mol. The number of likely N-dealkylation sites (N-methyl/N-ethyl adjacent to an activating group) is 1. The van der Waals surface area contributed by atoms with Gasteiger partial charge in [0, 0.05) is 17.9 Å². The van der Waals surface area contributed by atoms with E-state index in [0.29, 0.717) is 23.3 Å². The normalized spacial score (nSPS) is 13.0. The number of anilines is 1. The fraction of sp³-hybridized carbons (Fsp3) is 0.500. The van der Waals surface area contributed by atoms with Crippen LogP contribution in [0.15, 0.2) is 35.4 Å². The molecule has 1 atom stereocenters. The van der Waals surface area contributed by atoms with E-state index in [1.807, 2.05) is 70.5 Å². The van der Waals surface area contributed by atoms with Crippen LogP contribution in [0.3, 0.4) is 0 Å². The van der Waals surface area contributed by atoms with Crippen LogP contribution in [0.1, 0.15) is 6.92 Å². The molecule has 0 heterocycles. The van der Waals surface area contributed by atoms with E-state index in [9.17, 15) is 9.59 Å². The smallest absolute Gasteiger partial charge is 0.295 e. The first kappa shape index (κ1) is 24.0. The van der Waals surface area contributed by atoms with Gasteiger partial charge in [0.05, 0.1) is 27.1 Å². The van der Waals surface area contributed by atoms with Crippen LogP contribution >= 0.6 is 0 Å². The van der Waals surface area contributed by atoms with E-state index in [-0.39, 0.29) is 24.2 Å². The fourth-order valence-corrected chi connectivity index (χ4v) is 2.22. The number of amides is 2. The minimum atomic E-state index is -0.459. The number of hydrogen-bond donors (Lipinski definition) is 2. The van der Waals surface area contributed by atoms with Gasteiger partial charge in [0.15, 0.2) is 6.54 Å². The first-order valence-electron chi connectivity index (χ1n) is 8.22. The second-order valence-corrected chi connectivity index (χ2v) is 7.41. The van der Waals surface area contributed by atoms with Crippen molar-refractivity contribution in [1.82, 2.24) is 10.3 Å². The maximum atomic E-state index is 12.6. The van der Waals surface area contributed by atoms with Crippen LogP contribution < -0.4 is 23.1 Å². The number of carbonyl (C=O) groups is 2. The van der Waals surface area contributed by atoms with Crippen molar-refractivity contribution in [3.63, 3.8) is 0 Å². The fourth-order valence-electron chi connectivity index (χ4n) is 2.22. The Labute approximate surface area is 162 Å². The van der Waals surface area contributed by atoms with Gasteiger partial charge in [-0.15, -0.1) is 0 Å². The number of benzene rings is 1. The van der Waals surface area contributed by atoms with Crippen molar-refractivity contribution in [2.45, 2.75) is 6.92 Å². The molecule has 0 aliphatic heterocycles. The monoisotopic (exact) mass is 383 g/mol. The molecule has 0 bridgehead atoms. The van der Waals surface area contributed by atoms with Crippen molar-refractivity contribution in [2.75, 3.05) is 53.6 Å². The number of carbonyl (C=O) groups excluding carboxylic acids is 2. The third-order valence-electron chi connectivity index (χ3n) is 3.38. The van der Waals surface area contributed by atoms with Crippen LogP contribution in [-0.2, 0) is 9.59 Å². The molecule has 26 heavy (non-hydrogen) atoms.